The average Bonchev–Trinajstić information content (AvgIpc) is 2.82. The third-order valence-corrected chi connectivity index (χ3v) is 3.76. The standard InChI is InChI=1S/C10H16O2/c1-2-3-9(4-5-9)10(6-7-10)8(11)12/h2-7H2,1H3,(H,11,12). The lowest BCUT2D eigenvalue weighted by Gasteiger charge is -2.21. The summed E-state index contributed by atoms with van der Waals surface area (Å²) in [5, 5.41) is 9.11. The van der Waals surface area contributed by atoms with Crippen LogP contribution in [0.15, 0.2) is 0 Å². The molecule has 0 radical (unpaired) electrons. The summed E-state index contributed by atoms with van der Waals surface area (Å²) in [6, 6.07) is 0. The summed E-state index contributed by atoms with van der Waals surface area (Å²) < 4.78 is 0. The highest BCUT2D eigenvalue weighted by Crippen LogP contribution is 2.72. The number of carboxylic acid groups (broad SMARTS) is 1. The summed E-state index contributed by atoms with van der Waals surface area (Å²) in [5.74, 6) is -0.534. The van der Waals surface area contributed by atoms with Crippen LogP contribution in [0.3, 0.4) is 0 Å². The number of hydrogen-bond donors (Lipinski definition) is 1. The molecule has 1 N–H and O–H groups in total. The Morgan fingerprint density at radius 3 is 2.17 bits per heavy atom. The van der Waals surface area contributed by atoms with Crippen molar-refractivity contribution in [3.63, 3.8) is 0 Å². The molecule has 0 heterocycles. The minimum absolute atomic E-state index is 0.230. The van der Waals surface area contributed by atoms with Crippen molar-refractivity contribution < 1.29 is 9.90 Å². The highest BCUT2D eigenvalue weighted by atomic mass is 16.4. The molecule has 0 bridgehead atoms. The summed E-state index contributed by atoms with van der Waals surface area (Å²) in [5.41, 5.74) is -0.0450. The normalized spacial score (nSPS) is 28.1. The van der Waals surface area contributed by atoms with Gasteiger partial charge in [-0.3, -0.25) is 4.79 Å². The van der Waals surface area contributed by atoms with Gasteiger partial charge in [-0.25, -0.2) is 0 Å². The Morgan fingerprint density at radius 2 is 1.92 bits per heavy atom. The summed E-state index contributed by atoms with van der Waals surface area (Å²) in [7, 11) is 0. The van der Waals surface area contributed by atoms with E-state index in [1.54, 1.807) is 0 Å². The Balaban J connectivity index is 2.13. The Bertz CT molecular complexity index is 212. The fraction of sp³-hybridized carbons (Fsp3) is 0.900. The van der Waals surface area contributed by atoms with E-state index in [4.69, 9.17) is 5.11 Å². The summed E-state index contributed by atoms with van der Waals surface area (Å²) in [4.78, 5) is 11.0. The molecule has 0 aromatic rings. The van der Waals surface area contributed by atoms with Crippen LogP contribution in [0, 0.1) is 10.8 Å². The fourth-order valence-electron chi connectivity index (χ4n) is 2.69. The maximum absolute atomic E-state index is 11.0. The van der Waals surface area contributed by atoms with Gasteiger partial charge in [0.2, 0.25) is 0 Å². The first-order chi connectivity index (χ1) is 5.67. The van der Waals surface area contributed by atoms with Crippen LogP contribution in [-0.2, 0) is 4.79 Å². The van der Waals surface area contributed by atoms with Gasteiger partial charge in [-0.1, -0.05) is 13.3 Å². The van der Waals surface area contributed by atoms with Gasteiger partial charge >= 0.3 is 5.97 Å². The molecule has 2 fully saturated rings. The van der Waals surface area contributed by atoms with Gasteiger partial charge in [-0.2, -0.15) is 0 Å². The van der Waals surface area contributed by atoms with E-state index in [-0.39, 0.29) is 10.8 Å². The first-order valence-electron chi connectivity index (χ1n) is 4.90. The Labute approximate surface area is 73.0 Å². The molecule has 0 spiro atoms. The Morgan fingerprint density at radius 1 is 1.33 bits per heavy atom. The highest BCUT2D eigenvalue weighted by molar-refractivity contribution is 5.79. The van der Waals surface area contributed by atoms with E-state index in [0.717, 1.165) is 38.5 Å². The topological polar surface area (TPSA) is 37.3 Å². The molecule has 0 atom stereocenters. The first kappa shape index (κ1) is 8.09. The maximum Gasteiger partial charge on any atom is 0.310 e. The number of rotatable bonds is 4. The lowest BCUT2D eigenvalue weighted by molar-refractivity contribution is -0.146. The predicted molar refractivity (Wildman–Crippen MR) is 45.9 cm³/mol. The average molecular weight is 168 g/mol. The third kappa shape index (κ3) is 0.838. The molecule has 0 aromatic carbocycles. The van der Waals surface area contributed by atoms with E-state index in [9.17, 15) is 4.79 Å². The van der Waals surface area contributed by atoms with Crippen molar-refractivity contribution in [1.29, 1.82) is 0 Å². The molecule has 2 nitrogen and oxygen atoms in total. The second-order valence-electron chi connectivity index (χ2n) is 4.42. The molecule has 2 aliphatic rings. The smallest absolute Gasteiger partial charge is 0.310 e. The van der Waals surface area contributed by atoms with E-state index in [1.807, 2.05) is 0 Å². The monoisotopic (exact) mass is 168 g/mol. The Kier molecular flexibility index (Phi) is 1.51. The molecule has 0 saturated heterocycles. The molecule has 2 heteroatoms. The SMILES string of the molecule is CCCC1(C2(C(=O)O)CC2)CC1. The number of aliphatic carboxylic acids is 1. The van der Waals surface area contributed by atoms with Crippen molar-refractivity contribution in [1.82, 2.24) is 0 Å². The molecule has 0 unspecified atom stereocenters. The maximum atomic E-state index is 11.0. The zero-order chi connectivity index (χ0) is 8.82. The molecule has 2 saturated carbocycles. The van der Waals surface area contributed by atoms with Gasteiger partial charge in [0.1, 0.15) is 0 Å². The van der Waals surface area contributed by atoms with Crippen LogP contribution in [0.5, 0.6) is 0 Å². The molecule has 0 aromatic heterocycles. The molecular weight excluding hydrogens is 152 g/mol. The lowest BCUT2D eigenvalue weighted by atomic mass is 9.82. The van der Waals surface area contributed by atoms with Crippen molar-refractivity contribution in [2.75, 3.05) is 0 Å². The van der Waals surface area contributed by atoms with Gasteiger partial charge in [-0.15, -0.1) is 0 Å². The van der Waals surface area contributed by atoms with E-state index < -0.39 is 5.97 Å². The van der Waals surface area contributed by atoms with Gasteiger partial charge < -0.3 is 5.11 Å². The van der Waals surface area contributed by atoms with E-state index in [0.29, 0.717) is 0 Å². The van der Waals surface area contributed by atoms with Crippen LogP contribution in [-0.4, -0.2) is 11.1 Å². The predicted octanol–water partition coefficient (Wildman–Crippen LogP) is 2.43. The highest BCUT2D eigenvalue weighted by Gasteiger charge is 2.68. The molecule has 2 rings (SSSR count). The van der Waals surface area contributed by atoms with Gasteiger partial charge in [0.05, 0.1) is 5.41 Å². The van der Waals surface area contributed by atoms with Crippen LogP contribution in [0.4, 0.5) is 0 Å². The second kappa shape index (κ2) is 2.24. The van der Waals surface area contributed by atoms with Crippen molar-refractivity contribution in [2.45, 2.75) is 45.4 Å². The van der Waals surface area contributed by atoms with Crippen molar-refractivity contribution in [3.8, 4) is 0 Å². The molecule has 0 amide bonds. The van der Waals surface area contributed by atoms with Crippen LogP contribution in [0.2, 0.25) is 0 Å². The van der Waals surface area contributed by atoms with E-state index in [2.05, 4.69) is 6.92 Å². The van der Waals surface area contributed by atoms with Crippen LogP contribution >= 0.6 is 0 Å². The zero-order valence-corrected chi connectivity index (χ0v) is 7.60. The molecule has 68 valence electrons. The second-order valence-corrected chi connectivity index (χ2v) is 4.42. The molecule has 2 aliphatic carbocycles. The molecule has 0 aliphatic heterocycles. The van der Waals surface area contributed by atoms with Gasteiger partial charge in [0.15, 0.2) is 0 Å². The lowest BCUT2D eigenvalue weighted by Crippen LogP contribution is -2.26. The van der Waals surface area contributed by atoms with Crippen molar-refractivity contribution in [3.05, 3.63) is 0 Å². The Hall–Kier alpha value is -0.530. The number of hydrogen-bond acceptors (Lipinski definition) is 1. The van der Waals surface area contributed by atoms with Crippen LogP contribution in [0.1, 0.15) is 45.4 Å². The fourth-order valence-corrected chi connectivity index (χ4v) is 2.69. The van der Waals surface area contributed by atoms with E-state index >= 15 is 0 Å². The summed E-state index contributed by atoms with van der Waals surface area (Å²) in [6.07, 6.45) is 6.44. The van der Waals surface area contributed by atoms with Crippen LogP contribution < -0.4 is 0 Å². The number of carboxylic acids is 1. The zero-order valence-electron chi connectivity index (χ0n) is 7.60. The van der Waals surface area contributed by atoms with Gasteiger partial charge in [0.25, 0.3) is 0 Å². The summed E-state index contributed by atoms with van der Waals surface area (Å²) >= 11 is 0. The van der Waals surface area contributed by atoms with Crippen molar-refractivity contribution in [2.24, 2.45) is 10.8 Å². The minimum Gasteiger partial charge on any atom is -0.481 e. The van der Waals surface area contributed by atoms with Crippen molar-refractivity contribution >= 4 is 5.97 Å². The first-order valence-corrected chi connectivity index (χ1v) is 4.90. The quantitative estimate of drug-likeness (QED) is 0.700. The summed E-state index contributed by atoms with van der Waals surface area (Å²) in [6.45, 7) is 2.15. The largest absolute Gasteiger partial charge is 0.481 e. The molecular formula is C10H16O2. The number of carbonyl (C=O) groups is 1. The van der Waals surface area contributed by atoms with Crippen LogP contribution in [0.25, 0.3) is 0 Å². The minimum atomic E-state index is -0.534. The third-order valence-electron chi connectivity index (χ3n) is 3.76. The van der Waals surface area contributed by atoms with E-state index in [1.165, 1.54) is 0 Å². The van der Waals surface area contributed by atoms with Gasteiger partial charge in [-0.05, 0) is 37.5 Å². The molecule has 12 heavy (non-hydrogen) atoms. The van der Waals surface area contributed by atoms with Gasteiger partial charge in [0, 0.05) is 0 Å².